The SMILES string of the molecule is CC(C)(C)c1ncc(NC(=O)c2coc(CN)c2)cn1.Cl. The Morgan fingerprint density at radius 1 is 1.33 bits per heavy atom. The lowest BCUT2D eigenvalue weighted by Gasteiger charge is -2.16. The predicted molar refractivity (Wildman–Crippen MR) is 82.5 cm³/mol. The van der Waals surface area contributed by atoms with Crippen LogP contribution >= 0.6 is 12.4 Å². The highest BCUT2D eigenvalue weighted by molar-refractivity contribution is 6.03. The summed E-state index contributed by atoms with van der Waals surface area (Å²) in [5.74, 6) is 1.01. The van der Waals surface area contributed by atoms with Gasteiger partial charge in [-0.2, -0.15) is 0 Å². The average molecular weight is 311 g/mol. The first-order valence-electron chi connectivity index (χ1n) is 6.31. The number of anilines is 1. The molecule has 1 amide bonds. The van der Waals surface area contributed by atoms with Crippen LogP contribution in [-0.4, -0.2) is 15.9 Å². The van der Waals surface area contributed by atoms with Crippen LogP contribution in [0.1, 0.15) is 42.7 Å². The van der Waals surface area contributed by atoms with Gasteiger partial charge in [-0.1, -0.05) is 20.8 Å². The molecule has 0 aromatic carbocycles. The number of rotatable bonds is 3. The topological polar surface area (TPSA) is 94.0 Å². The van der Waals surface area contributed by atoms with E-state index in [1.165, 1.54) is 6.26 Å². The van der Waals surface area contributed by atoms with Crippen LogP contribution < -0.4 is 11.1 Å². The molecule has 0 fully saturated rings. The monoisotopic (exact) mass is 310 g/mol. The van der Waals surface area contributed by atoms with E-state index in [1.54, 1.807) is 18.5 Å². The summed E-state index contributed by atoms with van der Waals surface area (Å²) < 4.78 is 5.12. The molecule has 7 heteroatoms. The molecule has 0 aliphatic rings. The summed E-state index contributed by atoms with van der Waals surface area (Å²) in [5.41, 5.74) is 6.27. The van der Waals surface area contributed by atoms with E-state index in [0.717, 1.165) is 5.82 Å². The molecule has 0 spiro atoms. The molecule has 0 atom stereocenters. The third-order valence-corrected chi connectivity index (χ3v) is 2.70. The zero-order valence-corrected chi connectivity index (χ0v) is 13.0. The fraction of sp³-hybridized carbons (Fsp3) is 0.357. The van der Waals surface area contributed by atoms with Crippen molar-refractivity contribution >= 4 is 24.0 Å². The molecule has 114 valence electrons. The predicted octanol–water partition coefficient (Wildman–Crippen LogP) is 2.50. The molecule has 2 heterocycles. The van der Waals surface area contributed by atoms with Gasteiger partial charge in [-0.15, -0.1) is 12.4 Å². The lowest BCUT2D eigenvalue weighted by molar-refractivity contribution is 0.102. The van der Waals surface area contributed by atoms with Crippen molar-refractivity contribution < 1.29 is 9.21 Å². The number of hydrogen-bond donors (Lipinski definition) is 2. The van der Waals surface area contributed by atoms with E-state index in [4.69, 9.17) is 10.2 Å². The summed E-state index contributed by atoms with van der Waals surface area (Å²) >= 11 is 0. The number of halogens is 1. The maximum Gasteiger partial charge on any atom is 0.259 e. The van der Waals surface area contributed by atoms with Crippen LogP contribution in [0.15, 0.2) is 29.1 Å². The van der Waals surface area contributed by atoms with Gasteiger partial charge < -0.3 is 15.5 Å². The van der Waals surface area contributed by atoms with Gasteiger partial charge in [0.1, 0.15) is 17.8 Å². The van der Waals surface area contributed by atoms with Crippen LogP contribution in [0.5, 0.6) is 0 Å². The van der Waals surface area contributed by atoms with Crippen LogP contribution in [0.3, 0.4) is 0 Å². The Morgan fingerprint density at radius 3 is 2.43 bits per heavy atom. The molecule has 0 unspecified atom stereocenters. The number of nitrogens with two attached hydrogens (primary N) is 1. The third-order valence-electron chi connectivity index (χ3n) is 2.70. The zero-order chi connectivity index (χ0) is 14.8. The number of hydrogen-bond acceptors (Lipinski definition) is 5. The van der Waals surface area contributed by atoms with Gasteiger partial charge in [0.2, 0.25) is 0 Å². The summed E-state index contributed by atoms with van der Waals surface area (Å²) in [6, 6.07) is 1.61. The Hall–Kier alpha value is -1.92. The van der Waals surface area contributed by atoms with Gasteiger partial charge in [0.05, 0.1) is 30.2 Å². The first-order chi connectivity index (χ1) is 9.40. The first kappa shape index (κ1) is 17.1. The molecule has 0 aliphatic carbocycles. The number of nitrogens with zero attached hydrogens (tertiary/aromatic N) is 2. The quantitative estimate of drug-likeness (QED) is 0.908. The Balaban J connectivity index is 0.00000220. The molecule has 0 saturated heterocycles. The van der Waals surface area contributed by atoms with Crippen LogP contribution in [0, 0.1) is 0 Å². The van der Waals surface area contributed by atoms with E-state index < -0.39 is 0 Å². The number of nitrogens with one attached hydrogen (secondary N) is 1. The molecular formula is C14H19ClN4O2. The van der Waals surface area contributed by atoms with E-state index in [0.29, 0.717) is 17.0 Å². The molecule has 2 rings (SSSR count). The van der Waals surface area contributed by atoms with Crippen molar-refractivity contribution in [1.29, 1.82) is 0 Å². The Kier molecular flexibility index (Phi) is 5.46. The van der Waals surface area contributed by atoms with Crippen LogP contribution in [0.25, 0.3) is 0 Å². The third kappa shape index (κ3) is 4.27. The zero-order valence-electron chi connectivity index (χ0n) is 12.2. The number of aromatic nitrogens is 2. The van der Waals surface area contributed by atoms with Crippen LogP contribution in [-0.2, 0) is 12.0 Å². The minimum atomic E-state index is -0.277. The molecule has 2 aromatic rings. The standard InChI is InChI=1S/C14H18N4O2.ClH/c1-14(2,3)13-16-6-10(7-17-13)18-12(19)9-4-11(5-15)20-8-9;/h4,6-8H,5,15H2,1-3H3,(H,18,19);1H. The van der Waals surface area contributed by atoms with Gasteiger partial charge in [-0.05, 0) is 6.07 Å². The van der Waals surface area contributed by atoms with Gasteiger partial charge in [0.15, 0.2) is 0 Å². The van der Waals surface area contributed by atoms with Crippen molar-refractivity contribution in [3.8, 4) is 0 Å². The van der Waals surface area contributed by atoms with Crippen LogP contribution in [0.2, 0.25) is 0 Å². The van der Waals surface area contributed by atoms with E-state index >= 15 is 0 Å². The van der Waals surface area contributed by atoms with Gasteiger partial charge in [-0.3, -0.25) is 4.79 Å². The van der Waals surface area contributed by atoms with E-state index in [2.05, 4.69) is 15.3 Å². The number of carbonyl (C=O) groups is 1. The lowest BCUT2D eigenvalue weighted by atomic mass is 9.96. The van der Waals surface area contributed by atoms with E-state index in [-0.39, 0.29) is 30.3 Å². The fourth-order valence-electron chi connectivity index (χ4n) is 1.59. The molecule has 0 aliphatic heterocycles. The second-order valence-corrected chi connectivity index (χ2v) is 5.51. The van der Waals surface area contributed by atoms with Gasteiger partial charge in [0.25, 0.3) is 5.91 Å². The van der Waals surface area contributed by atoms with Gasteiger partial charge in [-0.25, -0.2) is 9.97 Å². The van der Waals surface area contributed by atoms with E-state index in [1.807, 2.05) is 20.8 Å². The summed E-state index contributed by atoms with van der Waals surface area (Å²) in [4.78, 5) is 20.5. The Bertz CT molecular complexity index is 602. The molecule has 3 N–H and O–H groups in total. The summed E-state index contributed by atoms with van der Waals surface area (Å²) in [6.07, 6.45) is 4.56. The van der Waals surface area contributed by atoms with E-state index in [9.17, 15) is 4.79 Å². The second kappa shape index (κ2) is 6.69. The summed E-state index contributed by atoms with van der Waals surface area (Å²) in [7, 11) is 0. The minimum Gasteiger partial charge on any atom is -0.467 e. The molecule has 6 nitrogen and oxygen atoms in total. The molecule has 0 bridgehead atoms. The molecule has 2 aromatic heterocycles. The molecule has 0 saturated carbocycles. The number of amides is 1. The fourth-order valence-corrected chi connectivity index (χ4v) is 1.59. The molecular weight excluding hydrogens is 292 g/mol. The highest BCUT2D eigenvalue weighted by atomic mass is 35.5. The highest BCUT2D eigenvalue weighted by Gasteiger charge is 2.17. The highest BCUT2D eigenvalue weighted by Crippen LogP contribution is 2.18. The van der Waals surface area contributed by atoms with Crippen molar-refractivity contribution in [2.75, 3.05) is 5.32 Å². The minimum absolute atomic E-state index is 0. The van der Waals surface area contributed by atoms with Gasteiger partial charge in [0, 0.05) is 5.41 Å². The smallest absolute Gasteiger partial charge is 0.259 e. The van der Waals surface area contributed by atoms with Crippen molar-refractivity contribution in [1.82, 2.24) is 9.97 Å². The average Bonchev–Trinajstić information content (AvgIpc) is 2.87. The normalized spacial score (nSPS) is 10.9. The van der Waals surface area contributed by atoms with Crippen LogP contribution in [0.4, 0.5) is 5.69 Å². The second-order valence-electron chi connectivity index (χ2n) is 5.51. The maximum atomic E-state index is 12.0. The lowest BCUT2D eigenvalue weighted by Crippen LogP contribution is -2.17. The maximum absolute atomic E-state index is 12.0. The van der Waals surface area contributed by atoms with Crippen molar-refractivity contribution in [2.45, 2.75) is 32.7 Å². The number of furan rings is 1. The summed E-state index contributed by atoms with van der Waals surface area (Å²) in [5, 5.41) is 2.71. The Labute approximate surface area is 129 Å². The molecule has 21 heavy (non-hydrogen) atoms. The van der Waals surface area contributed by atoms with Crippen molar-refractivity contribution in [3.63, 3.8) is 0 Å². The first-order valence-corrected chi connectivity index (χ1v) is 6.31. The molecule has 0 radical (unpaired) electrons. The summed E-state index contributed by atoms with van der Waals surface area (Å²) in [6.45, 7) is 6.35. The number of carbonyl (C=O) groups excluding carboxylic acids is 1. The Morgan fingerprint density at radius 2 is 1.95 bits per heavy atom. The van der Waals surface area contributed by atoms with Gasteiger partial charge >= 0.3 is 0 Å². The largest absolute Gasteiger partial charge is 0.467 e. The van der Waals surface area contributed by atoms with Crippen molar-refractivity contribution in [3.05, 3.63) is 41.9 Å². The van der Waals surface area contributed by atoms with Crippen molar-refractivity contribution in [2.24, 2.45) is 5.73 Å².